The highest BCUT2D eigenvalue weighted by atomic mass is 127. The fourth-order valence-electron chi connectivity index (χ4n) is 3.44. The summed E-state index contributed by atoms with van der Waals surface area (Å²) in [6.45, 7) is 9.92. The molecule has 0 saturated carbocycles. The van der Waals surface area contributed by atoms with Crippen LogP contribution in [0.1, 0.15) is 29.2 Å². The van der Waals surface area contributed by atoms with Crippen LogP contribution in [0.4, 0.5) is 0 Å². The lowest BCUT2D eigenvalue weighted by atomic mass is 10.0. The number of nitrogens with one attached hydrogen (secondary N) is 1. The van der Waals surface area contributed by atoms with E-state index in [-0.39, 0.29) is 30.0 Å². The molecule has 8 heteroatoms. The van der Waals surface area contributed by atoms with E-state index in [0.717, 1.165) is 56.1 Å². The van der Waals surface area contributed by atoms with E-state index >= 15 is 0 Å². The smallest absolute Gasteiger partial charge is 0.194 e. The predicted molar refractivity (Wildman–Crippen MR) is 131 cm³/mol. The minimum atomic E-state index is 0. The quantitative estimate of drug-likeness (QED) is 0.338. The predicted octanol–water partition coefficient (Wildman–Crippen LogP) is 3.54. The van der Waals surface area contributed by atoms with Crippen molar-refractivity contribution in [2.75, 3.05) is 46.4 Å². The Kier molecular flexibility index (Phi) is 10.3. The second-order valence-corrected chi connectivity index (χ2v) is 8.05. The number of hydrogen-bond acceptors (Lipinski definition) is 5. The van der Waals surface area contributed by atoms with E-state index in [9.17, 15) is 0 Å². The van der Waals surface area contributed by atoms with Crippen LogP contribution in [0.2, 0.25) is 0 Å². The average molecular weight is 529 g/mol. The minimum absolute atomic E-state index is 0. The molecule has 1 aromatic heterocycles. The summed E-state index contributed by atoms with van der Waals surface area (Å²) in [6.07, 6.45) is 0. The summed E-state index contributed by atoms with van der Waals surface area (Å²) >= 11 is 1.69. The van der Waals surface area contributed by atoms with Gasteiger partial charge in [0.15, 0.2) is 5.96 Å². The number of thiazole rings is 1. The molecule has 29 heavy (non-hydrogen) atoms. The maximum Gasteiger partial charge on any atom is 0.194 e. The van der Waals surface area contributed by atoms with Gasteiger partial charge in [0.05, 0.1) is 43.0 Å². The van der Waals surface area contributed by atoms with Crippen LogP contribution < -0.4 is 5.32 Å². The van der Waals surface area contributed by atoms with Crippen LogP contribution in [-0.2, 0) is 11.3 Å². The number of halogens is 1. The number of morpholine rings is 1. The average Bonchev–Trinajstić information content (AvgIpc) is 3.13. The first-order valence-corrected chi connectivity index (χ1v) is 10.8. The van der Waals surface area contributed by atoms with Crippen molar-refractivity contribution in [1.29, 1.82) is 0 Å². The molecule has 2 aromatic rings. The second kappa shape index (κ2) is 12.5. The molecule has 160 valence electrons. The summed E-state index contributed by atoms with van der Waals surface area (Å²) < 4.78 is 5.55. The third-order valence-corrected chi connectivity index (χ3v) is 5.67. The number of hydrogen-bond donors (Lipinski definition) is 1. The van der Waals surface area contributed by atoms with Crippen LogP contribution in [0.3, 0.4) is 0 Å². The van der Waals surface area contributed by atoms with Gasteiger partial charge in [-0.25, -0.2) is 4.98 Å². The molecule has 6 nitrogen and oxygen atoms in total. The van der Waals surface area contributed by atoms with Gasteiger partial charge in [0.2, 0.25) is 0 Å². The summed E-state index contributed by atoms with van der Waals surface area (Å²) in [6, 6.07) is 10.9. The van der Waals surface area contributed by atoms with Crippen LogP contribution in [0.5, 0.6) is 0 Å². The molecule has 0 amide bonds. The van der Waals surface area contributed by atoms with Crippen molar-refractivity contribution in [2.45, 2.75) is 26.4 Å². The molecule has 3 rings (SSSR count). The Bertz CT molecular complexity index is 749. The summed E-state index contributed by atoms with van der Waals surface area (Å²) in [5.74, 6) is 0.919. The topological polar surface area (TPSA) is 53.0 Å². The molecule has 1 atom stereocenters. The van der Waals surface area contributed by atoms with Crippen LogP contribution in [0, 0.1) is 6.92 Å². The van der Waals surface area contributed by atoms with Gasteiger partial charge in [0.25, 0.3) is 0 Å². The molecule has 1 saturated heterocycles. The summed E-state index contributed by atoms with van der Waals surface area (Å²) in [5, 5.41) is 6.65. The lowest BCUT2D eigenvalue weighted by Crippen LogP contribution is -2.42. The van der Waals surface area contributed by atoms with Gasteiger partial charge in [0.1, 0.15) is 0 Å². The molecule has 2 heterocycles. The van der Waals surface area contributed by atoms with Gasteiger partial charge in [-0.2, -0.15) is 0 Å². The van der Waals surface area contributed by atoms with Gasteiger partial charge in [0, 0.05) is 32.1 Å². The van der Waals surface area contributed by atoms with E-state index in [1.807, 2.05) is 6.92 Å². The number of nitrogens with zero attached hydrogens (tertiary/aromatic N) is 4. The lowest BCUT2D eigenvalue weighted by molar-refractivity contribution is 0.0179. The van der Waals surface area contributed by atoms with Gasteiger partial charge in [-0.05, 0) is 19.4 Å². The number of aromatic nitrogens is 1. The third kappa shape index (κ3) is 7.20. The van der Waals surface area contributed by atoms with Crippen LogP contribution in [-0.4, -0.2) is 67.2 Å². The van der Waals surface area contributed by atoms with Crippen molar-refractivity contribution in [3.05, 3.63) is 52.0 Å². The SMILES string of the molecule is CCNC(=NCC(c1ccccc1)N1CCOCC1)N(C)Cc1csc(C)n1.I. The summed E-state index contributed by atoms with van der Waals surface area (Å²) in [4.78, 5) is 14.2. The first-order valence-electron chi connectivity index (χ1n) is 9.94. The molecule has 1 aliphatic heterocycles. The minimum Gasteiger partial charge on any atom is -0.379 e. The van der Waals surface area contributed by atoms with Crippen molar-refractivity contribution >= 4 is 41.3 Å². The number of benzene rings is 1. The Morgan fingerprint density at radius 3 is 2.66 bits per heavy atom. The molecule has 0 radical (unpaired) electrons. The molecule has 0 bridgehead atoms. The van der Waals surface area contributed by atoms with E-state index in [1.54, 1.807) is 11.3 Å². The molecular weight excluding hydrogens is 497 g/mol. The van der Waals surface area contributed by atoms with E-state index in [4.69, 9.17) is 9.73 Å². The zero-order valence-electron chi connectivity index (χ0n) is 17.5. The third-order valence-electron chi connectivity index (χ3n) is 4.85. The van der Waals surface area contributed by atoms with E-state index in [0.29, 0.717) is 6.54 Å². The first-order chi connectivity index (χ1) is 13.7. The normalized spacial score (nSPS) is 16.2. The molecule has 0 aliphatic carbocycles. The van der Waals surface area contributed by atoms with E-state index in [1.165, 1.54) is 5.56 Å². The summed E-state index contributed by atoms with van der Waals surface area (Å²) in [5.41, 5.74) is 2.39. The molecule has 1 N–H and O–H groups in total. The maximum atomic E-state index is 5.55. The Balaban J connectivity index is 0.00000300. The zero-order chi connectivity index (χ0) is 19.8. The highest BCUT2D eigenvalue weighted by molar-refractivity contribution is 14.0. The van der Waals surface area contributed by atoms with Crippen LogP contribution in [0.25, 0.3) is 0 Å². The fraction of sp³-hybridized carbons (Fsp3) is 0.524. The molecule has 1 unspecified atom stereocenters. The van der Waals surface area contributed by atoms with Crippen molar-refractivity contribution in [3.8, 4) is 0 Å². The van der Waals surface area contributed by atoms with Gasteiger partial charge in [-0.3, -0.25) is 9.89 Å². The molecule has 1 fully saturated rings. The second-order valence-electron chi connectivity index (χ2n) is 6.98. The highest BCUT2D eigenvalue weighted by Crippen LogP contribution is 2.22. The number of guanidine groups is 1. The number of aliphatic imine (C=N–C) groups is 1. The summed E-state index contributed by atoms with van der Waals surface area (Å²) in [7, 11) is 2.07. The standard InChI is InChI=1S/C21H31N5OS.HI/c1-4-22-21(25(3)15-19-16-28-17(2)24-19)23-14-20(18-8-6-5-7-9-18)26-10-12-27-13-11-26;/h5-9,16,20H,4,10-15H2,1-3H3,(H,22,23);1H. The zero-order valence-corrected chi connectivity index (χ0v) is 20.7. The molecular formula is C21H32IN5OS. The monoisotopic (exact) mass is 529 g/mol. The molecule has 1 aliphatic rings. The van der Waals surface area contributed by atoms with Crippen LogP contribution >= 0.6 is 35.3 Å². The number of ether oxygens (including phenoxy) is 1. The van der Waals surface area contributed by atoms with Crippen molar-refractivity contribution in [3.63, 3.8) is 0 Å². The van der Waals surface area contributed by atoms with Crippen molar-refractivity contribution in [1.82, 2.24) is 20.1 Å². The largest absolute Gasteiger partial charge is 0.379 e. The van der Waals surface area contributed by atoms with Crippen LogP contribution in [0.15, 0.2) is 40.7 Å². The Hall–Kier alpha value is -1.23. The van der Waals surface area contributed by atoms with Gasteiger partial charge in [-0.15, -0.1) is 35.3 Å². The van der Waals surface area contributed by atoms with E-state index < -0.39 is 0 Å². The van der Waals surface area contributed by atoms with E-state index in [2.05, 4.69) is 69.8 Å². The van der Waals surface area contributed by atoms with Crippen molar-refractivity contribution < 1.29 is 4.74 Å². The lowest BCUT2D eigenvalue weighted by Gasteiger charge is -2.34. The molecule has 1 aromatic carbocycles. The van der Waals surface area contributed by atoms with Gasteiger partial charge in [-0.1, -0.05) is 30.3 Å². The van der Waals surface area contributed by atoms with Gasteiger partial charge < -0.3 is 15.0 Å². The Morgan fingerprint density at radius 2 is 2.03 bits per heavy atom. The Morgan fingerprint density at radius 1 is 1.31 bits per heavy atom. The van der Waals surface area contributed by atoms with Crippen molar-refractivity contribution in [2.24, 2.45) is 4.99 Å². The number of aryl methyl sites for hydroxylation is 1. The number of rotatable bonds is 7. The highest BCUT2D eigenvalue weighted by Gasteiger charge is 2.22. The molecule has 0 spiro atoms. The first kappa shape index (κ1) is 24.0. The van der Waals surface area contributed by atoms with Gasteiger partial charge >= 0.3 is 0 Å². The Labute approximate surface area is 195 Å². The maximum absolute atomic E-state index is 5.55. The fourth-order valence-corrected chi connectivity index (χ4v) is 4.04.